The number of aldehydes is 1. The lowest BCUT2D eigenvalue weighted by Crippen LogP contribution is -2.36. The van der Waals surface area contributed by atoms with E-state index in [1.165, 1.54) is 6.20 Å². The Balaban J connectivity index is 0.000000174. The van der Waals surface area contributed by atoms with Crippen molar-refractivity contribution in [2.45, 2.75) is 6.54 Å². The molecule has 124 valence electrons. The molecule has 0 unspecified atom stereocenters. The van der Waals surface area contributed by atoms with Crippen LogP contribution in [-0.2, 0) is 6.54 Å². The predicted molar refractivity (Wildman–Crippen MR) is 87.2 cm³/mol. The fraction of sp³-hybridized carbons (Fsp3) is 0.250. The Kier molecular flexibility index (Phi) is 5.52. The van der Waals surface area contributed by atoms with Gasteiger partial charge >= 0.3 is 0 Å². The zero-order chi connectivity index (χ0) is 17.5. The van der Waals surface area contributed by atoms with E-state index in [1.807, 2.05) is 13.1 Å². The van der Waals surface area contributed by atoms with Gasteiger partial charge in [0, 0.05) is 19.3 Å². The monoisotopic (exact) mass is 327 g/mol. The van der Waals surface area contributed by atoms with Gasteiger partial charge in [-0.15, -0.1) is 0 Å². The molecular formula is C16H17N5O3. The van der Waals surface area contributed by atoms with Gasteiger partial charge in [-0.25, -0.2) is 0 Å². The normalized spacial score (nSPS) is 12.0. The molecule has 0 bridgehead atoms. The van der Waals surface area contributed by atoms with Crippen molar-refractivity contribution in [2.24, 2.45) is 0 Å². The molecule has 3 rings (SSSR count). The molecule has 2 heterocycles. The quantitative estimate of drug-likeness (QED) is 0.816. The van der Waals surface area contributed by atoms with Crippen molar-refractivity contribution in [3.05, 3.63) is 41.2 Å². The van der Waals surface area contributed by atoms with E-state index in [1.54, 1.807) is 23.9 Å². The Morgan fingerprint density at radius 2 is 2.29 bits per heavy atom. The number of nitriles is 1. The highest BCUT2D eigenvalue weighted by atomic mass is 16.5. The third-order valence-corrected chi connectivity index (χ3v) is 3.43. The SMILES string of the molecule is CNc1ccc(OC)c(C#N)c1.O=Cc1cnn2c1C(=O)NCC2. The average molecular weight is 327 g/mol. The molecule has 1 aliphatic heterocycles. The minimum atomic E-state index is -0.221. The zero-order valence-corrected chi connectivity index (χ0v) is 13.4. The van der Waals surface area contributed by atoms with Crippen molar-refractivity contribution < 1.29 is 14.3 Å². The van der Waals surface area contributed by atoms with Crippen LogP contribution < -0.4 is 15.4 Å². The molecule has 0 radical (unpaired) electrons. The molecule has 2 N–H and O–H groups in total. The Hall–Kier alpha value is -3.34. The van der Waals surface area contributed by atoms with Gasteiger partial charge in [0.1, 0.15) is 17.5 Å². The lowest BCUT2D eigenvalue weighted by Gasteiger charge is -2.14. The second kappa shape index (κ2) is 7.78. The maximum absolute atomic E-state index is 11.2. The van der Waals surface area contributed by atoms with Crippen LogP contribution >= 0.6 is 0 Å². The molecule has 1 aromatic carbocycles. The molecule has 1 aromatic heterocycles. The van der Waals surface area contributed by atoms with Gasteiger partial charge in [0.05, 0.1) is 31.0 Å². The van der Waals surface area contributed by atoms with Crippen molar-refractivity contribution in [1.82, 2.24) is 15.1 Å². The maximum atomic E-state index is 11.2. The van der Waals surface area contributed by atoms with Gasteiger partial charge in [-0.1, -0.05) is 0 Å². The summed E-state index contributed by atoms with van der Waals surface area (Å²) < 4.78 is 6.53. The number of carbonyl (C=O) groups excluding carboxylic acids is 2. The number of amides is 1. The number of benzene rings is 1. The summed E-state index contributed by atoms with van der Waals surface area (Å²) in [4.78, 5) is 21.6. The van der Waals surface area contributed by atoms with E-state index in [0.29, 0.717) is 41.9 Å². The van der Waals surface area contributed by atoms with Crippen molar-refractivity contribution in [3.63, 3.8) is 0 Å². The number of ether oxygens (including phenoxy) is 1. The smallest absolute Gasteiger partial charge is 0.270 e. The summed E-state index contributed by atoms with van der Waals surface area (Å²) in [5, 5.41) is 18.2. The molecule has 0 fully saturated rings. The third kappa shape index (κ3) is 3.52. The standard InChI is InChI=1S/C9H10N2O.C7H7N3O2/c1-11-8-3-4-9(12-2)7(5-8)6-10;11-4-5-3-9-10-2-1-8-7(12)6(5)10/h3-5,11H,1-2H3;3-4H,1-2H2,(H,8,12). The van der Waals surface area contributed by atoms with E-state index in [9.17, 15) is 9.59 Å². The van der Waals surface area contributed by atoms with Crippen LogP contribution in [0.1, 0.15) is 26.4 Å². The summed E-state index contributed by atoms with van der Waals surface area (Å²) >= 11 is 0. The van der Waals surface area contributed by atoms with Crippen LogP contribution in [0.25, 0.3) is 0 Å². The lowest BCUT2D eigenvalue weighted by molar-refractivity contribution is 0.0919. The van der Waals surface area contributed by atoms with E-state index in [2.05, 4.69) is 21.8 Å². The number of rotatable bonds is 3. The summed E-state index contributed by atoms with van der Waals surface area (Å²) in [7, 11) is 3.36. The Morgan fingerprint density at radius 1 is 1.50 bits per heavy atom. The van der Waals surface area contributed by atoms with E-state index in [-0.39, 0.29) is 5.91 Å². The molecule has 8 nitrogen and oxygen atoms in total. The van der Waals surface area contributed by atoms with E-state index in [0.717, 1.165) is 5.69 Å². The van der Waals surface area contributed by atoms with Crippen molar-refractivity contribution in [3.8, 4) is 11.8 Å². The molecule has 24 heavy (non-hydrogen) atoms. The van der Waals surface area contributed by atoms with E-state index >= 15 is 0 Å². The van der Waals surface area contributed by atoms with Crippen LogP contribution in [0.5, 0.6) is 5.75 Å². The summed E-state index contributed by atoms with van der Waals surface area (Å²) in [5.74, 6) is 0.386. The molecule has 0 spiro atoms. The minimum Gasteiger partial charge on any atom is -0.495 e. The number of carbonyl (C=O) groups is 2. The highest BCUT2D eigenvalue weighted by molar-refractivity contribution is 6.00. The van der Waals surface area contributed by atoms with Crippen molar-refractivity contribution in [2.75, 3.05) is 26.0 Å². The molecule has 0 saturated carbocycles. The maximum Gasteiger partial charge on any atom is 0.270 e. The molecule has 8 heteroatoms. The van der Waals surface area contributed by atoms with Crippen LogP contribution in [0.15, 0.2) is 24.4 Å². The Morgan fingerprint density at radius 3 is 2.92 bits per heavy atom. The second-order valence-corrected chi connectivity index (χ2v) is 4.82. The topological polar surface area (TPSA) is 109 Å². The van der Waals surface area contributed by atoms with Gasteiger partial charge in [-0.05, 0) is 18.2 Å². The first-order chi connectivity index (χ1) is 11.6. The number of anilines is 1. The first-order valence-corrected chi connectivity index (χ1v) is 7.19. The van der Waals surface area contributed by atoms with Crippen LogP contribution in [-0.4, -0.2) is 42.7 Å². The van der Waals surface area contributed by atoms with Gasteiger partial charge in [0.25, 0.3) is 5.91 Å². The van der Waals surface area contributed by atoms with Gasteiger partial charge in [-0.2, -0.15) is 10.4 Å². The van der Waals surface area contributed by atoms with Crippen LogP contribution in [0.2, 0.25) is 0 Å². The number of nitrogens with one attached hydrogen (secondary N) is 2. The largest absolute Gasteiger partial charge is 0.495 e. The molecule has 2 aromatic rings. The minimum absolute atomic E-state index is 0.221. The molecule has 1 aliphatic rings. The van der Waals surface area contributed by atoms with Crippen LogP contribution in [0.4, 0.5) is 5.69 Å². The zero-order valence-electron chi connectivity index (χ0n) is 13.4. The summed E-state index contributed by atoms with van der Waals surface area (Å²) in [6, 6.07) is 7.43. The van der Waals surface area contributed by atoms with Crippen molar-refractivity contribution >= 4 is 17.9 Å². The van der Waals surface area contributed by atoms with E-state index in [4.69, 9.17) is 10.00 Å². The third-order valence-electron chi connectivity index (χ3n) is 3.43. The van der Waals surface area contributed by atoms with Gasteiger partial charge < -0.3 is 15.4 Å². The summed E-state index contributed by atoms with van der Waals surface area (Å²) in [5.41, 5.74) is 2.18. The first-order valence-electron chi connectivity index (χ1n) is 7.19. The average Bonchev–Trinajstić information content (AvgIpc) is 3.06. The predicted octanol–water partition coefficient (Wildman–Crippen LogP) is 1.05. The number of aromatic nitrogens is 2. The fourth-order valence-electron chi connectivity index (χ4n) is 2.21. The number of hydrogen-bond acceptors (Lipinski definition) is 6. The molecule has 0 atom stereocenters. The van der Waals surface area contributed by atoms with Crippen LogP contribution in [0.3, 0.4) is 0 Å². The highest BCUT2D eigenvalue weighted by Gasteiger charge is 2.21. The Labute approximate surface area is 139 Å². The van der Waals surface area contributed by atoms with Gasteiger partial charge in [-0.3, -0.25) is 14.3 Å². The highest BCUT2D eigenvalue weighted by Crippen LogP contribution is 2.20. The fourth-order valence-corrected chi connectivity index (χ4v) is 2.21. The first kappa shape index (κ1) is 17.0. The number of methoxy groups -OCH3 is 1. The van der Waals surface area contributed by atoms with Gasteiger partial charge in [0.15, 0.2) is 6.29 Å². The van der Waals surface area contributed by atoms with E-state index < -0.39 is 0 Å². The lowest BCUT2D eigenvalue weighted by atomic mass is 10.2. The number of fused-ring (bicyclic) bond motifs is 1. The number of hydrogen-bond donors (Lipinski definition) is 2. The molecule has 1 amide bonds. The molecule has 0 aliphatic carbocycles. The van der Waals surface area contributed by atoms with Crippen molar-refractivity contribution in [1.29, 1.82) is 5.26 Å². The van der Waals surface area contributed by atoms with Gasteiger partial charge in [0.2, 0.25) is 0 Å². The summed E-state index contributed by atoms with van der Waals surface area (Å²) in [6.07, 6.45) is 2.05. The van der Waals surface area contributed by atoms with Crippen LogP contribution in [0, 0.1) is 11.3 Å². The Bertz CT molecular complexity index is 791. The molecule has 0 saturated heterocycles. The summed E-state index contributed by atoms with van der Waals surface area (Å²) in [6.45, 7) is 1.21. The second-order valence-electron chi connectivity index (χ2n) is 4.82. The molecular weight excluding hydrogens is 310 g/mol. The number of nitrogens with zero attached hydrogens (tertiary/aromatic N) is 3.